The molecule has 1 aromatic heterocycles. The topological polar surface area (TPSA) is 75.4 Å². The number of rotatable bonds is 4. The monoisotopic (exact) mass is 403 g/mol. The van der Waals surface area contributed by atoms with E-state index in [1.54, 1.807) is 32.0 Å². The number of hydrogen-bond acceptors (Lipinski definition) is 4. The summed E-state index contributed by atoms with van der Waals surface area (Å²) >= 11 is 6.16. The fourth-order valence-corrected chi connectivity index (χ4v) is 4.04. The maximum atomic E-state index is 13.3. The first kappa shape index (κ1) is 20.4. The number of aryl methyl sites for hydroxylation is 2. The molecule has 1 aliphatic heterocycles. The van der Waals surface area contributed by atoms with Crippen molar-refractivity contribution in [2.45, 2.75) is 65.5 Å². The lowest BCUT2D eigenvalue weighted by Gasteiger charge is -2.39. The van der Waals surface area contributed by atoms with Gasteiger partial charge in [-0.15, -0.1) is 0 Å². The van der Waals surface area contributed by atoms with Crippen LogP contribution in [0.15, 0.2) is 22.7 Å². The Bertz CT molecular complexity index is 864. The van der Waals surface area contributed by atoms with Crippen LogP contribution in [0.5, 0.6) is 0 Å². The molecule has 0 saturated carbocycles. The van der Waals surface area contributed by atoms with Gasteiger partial charge in [-0.3, -0.25) is 9.59 Å². The summed E-state index contributed by atoms with van der Waals surface area (Å²) in [6.45, 7) is 7.70. The maximum absolute atomic E-state index is 13.3. The summed E-state index contributed by atoms with van der Waals surface area (Å²) in [7, 11) is 0. The van der Waals surface area contributed by atoms with Gasteiger partial charge in [0.15, 0.2) is 0 Å². The summed E-state index contributed by atoms with van der Waals surface area (Å²) in [6, 6.07) is 5.29. The molecule has 3 rings (SSSR count). The SMILES string of the molecule is Cc1noc(C)c1CC(=O)Nc1ccc(Cl)cc1C(=O)N1[C@H](C)CCC[C@H]1C. The van der Waals surface area contributed by atoms with Crippen molar-refractivity contribution in [1.82, 2.24) is 10.1 Å². The van der Waals surface area contributed by atoms with Crippen LogP contribution in [-0.2, 0) is 11.2 Å². The van der Waals surface area contributed by atoms with Crippen molar-refractivity contribution in [2.24, 2.45) is 0 Å². The van der Waals surface area contributed by atoms with Gasteiger partial charge in [0.25, 0.3) is 5.91 Å². The normalized spacial score (nSPS) is 19.5. The van der Waals surface area contributed by atoms with Crippen LogP contribution in [0.1, 0.15) is 60.5 Å². The average molecular weight is 404 g/mol. The van der Waals surface area contributed by atoms with Crippen molar-refractivity contribution in [3.05, 3.63) is 45.8 Å². The van der Waals surface area contributed by atoms with Crippen LogP contribution in [0, 0.1) is 13.8 Å². The molecule has 1 fully saturated rings. The van der Waals surface area contributed by atoms with Crippen molar-refractivity contribution >= 4 is 29.1 Å². The number of nitrogens with zero attached hydrogens (tertiary/aromatic N) is 2. The van der Waals surface area contributed by atoms with Gasteiger partial charge in [-0.2, -0.15) is 0 Å². The van der Waals surface area contributed by atoms with Gasteiger partial charge < -0.3 is 14.7 Å². The second kappa shape index (κ2) is 8.35. The Balaban J connectivity index is 1.84. The molecule has 2 amide bonds. The number of anilines is 1. The van der Waals surface area contributed by atoms with Crippen molar-refractivity contribution < 1.29 is 14.1 Å². The molecule has 2 atom stereocenters. The number of benzene rings is 1. The lowest BCUT2D eigenvalue weighted by atomic mass is 9.96. The fraction of sp³-hybridized carbons (Fsp3) is 0.476. The van der Waals surface area contributed by atoms with Gasteiger partial charge in [-0.1, -0.05) is 16.8 Å². The Labute approximate surface area is 170 Å². The number of amides is 2. The fourth-order valence-electron chi connectivity index (χ4n) is 3.87. The van der Waals surface area contributed by atoms with Crippen LogP contribution in [0.3, 0.4) is 0 Å². The second-order valence-corrected chi connectivity index (χ2v) is 8.00. The number of nitrogens with one attached hydrogen (secondary N) is 1. The van der Waals surface area contributed by atoms with E-state index in [1.165, 1.54) is 0 Å². The van der Waals surface area contributed by atoms with E-state index in [1.807, 2.05) is 4.90 Å². The molecule has 0 radical (unpaired) electrons. The highest BCUT2D eigenvalue weighted by atomic mass is 35.5. The number of hydrogen-bond donors (Lipinski definition) is 1. The maximum Gasteiger partial charge on any atom is 0.256 e. The molecular formula is C21H26ClN3O3. The highest BCUT2D eigenvalue weighted by Gasteiger charge is 2.31. The zero-order chi connectivity index (χ0) is 20.4. The first-order valence-corrected chi connectivity index (χ1v) is 9.99. The third kappa shape index (κ3) is 4.22. The largest absolute Gasteiger partial charge is 0.361 e. The van der Waals surface area contributed by atoms with E-state index in [-0.39, 0.29) is 30.3 Å². The molecule has 150 valence electrons. The Hall–Kier alpha value is -2.34. The summed E-state index contributed by atoms with van der Waals surface area (Å²) in [5, 5.41) is 7.21. The van der Waals surface area contributed by atoms with E-state index >= 15 is 0 Å². The van der Waals surface area contributed by atoms with Crippen LogP contribution in [0.4, 0.5) is 5.69 Å². The molecule has 1 aromatic carbocycles. The molecule has 0 spiro atoms. The van der Waals surface area contributed by atoms with Crippen LogP contribution < -0.4 is 5.32 Å². The highest BCUT2D eigenvalue weighted by Crippen LogP contribution is 2.29. The lowest BCUT2D eigenvalue weighted by Crippen LogP contribution is -2.47. The number of carbonyl (C=O) groups excluding carboxylic acids is 2. The third-order valence-electron chi connectivity index (χ3n) is 5.43. The van der Waals surface area contributed by atoms with Gasteiger partial charge in [-0.25, -0.2) is 0 Å². The van der Waals surface area contributed by atoms with Crippen LogP contribution in [0.25, 0.3) is 0 Å². The molecule has 0 bridgehead atoms. The Morgan fingerprint density at radius 1 is 1.25 bits per heavy atom. The molecule has 0 aliphatic carbocycles. The van der Waals surface area contributed by atoms with Crippen LogP contribution >= 0.6 is 11.6 Å². The van der Waals surface area contributed by atoms with Crippen molar-refractivity contribution in [1.29, 1.82) is 0 Å². The number of likely N-dealkylation sites (tertiary alicyclic amines) is 1. The first-order valence-electron chi connectivity index (χ1n) is 9.61. The Morgan fingerprint density at radius 2 is 1.93 bits per heavy atom. The van der Waals surface area contributed by atoms with E-state index in [2.05, 4.69) is 24.3 Å². The molecule has 2 aromatic rings. The molecule has 28 heavy (non-hydrogen) atoms. The quantitative estimate of drug-likeness (QED) is 0.813. The Kier molecular flexibility index (Phi) is 6.08. The average Bonchev–Trinajstić information content (AvgIpc) is 2.95. The number of carbonyl (C=O) groups is 2. The minimum atomic E-state index is -0.231. The Morgan fingerprint density at radius 3 is 2.54 bits per heavy atom. The summed E-state index contributed by atoms with van der Waals surface area (Å²) in [6.07, 6.45) is 3.20. The van der Waals surface area contributed by atoms with Gasteiger partial charge >= 0.3 is 0 Å². The molecular weight excluding hydrogens is 378 g/mol. The molecule has 1 aliphatic rings. The van der Waals surface area contributed by atoms with Crippen molar-refractivity contribution in [2.75, 3.05) is 5.32 Å². The van der Waals surface area contributed by atoms with Crippen LogP contribution in [0.2, 0.25) is 5.02 Å². The van der Waals surface area contributed by atoms with E-state index in [4.69, 9.17) is 16.1 Å². The number of halogens is 1. The molecule has 1 N–H and O–H groups in total. The molecule has 6 nitrogen and oxygen atoms in total. The minimum Gasteiger partial charge on any atom is -0.361 e. The van der Waals surface area contributed by atoms with Gasteiger partial charge in [0.1, 0.15) is 5.76 Å². The van der Waals surface area contributed by atoms with Crippen LogP contribution in [-0.4, -0.2) is 34.0 Å². The molecule has 0 unspecified atom stereocenters. The third-order valence-corrected chi connectivity index (χ3v) is 5.67. The van der Waals surface area contributed by atoms with E-state index in [0.29, 0.717) is 27.7 Å². The predicted octanol–water partition coefficient (Wildman–Crippen LogP) is 4.53. The first-order chi connectivity index (χ1) is 13.3. The van der Waals surface area contributed by atoms with Gasteiger partial charge in [-0.05, 0) is 65.2 Å². The van der Waals surface area contributed by atoms with Gasteiger partial charge in [0.2, 0.25) is 5.91 Å². The second-order valence-electron chi connectivity index (χ2n) is 7.56. The standard InChI is InChI=1S/C21H26ClN3O3/c1-12-6-5-7-13(2)25(12)21(27)18-10-16(22)8-9-19(18)23-20(26)11-17-14(3)24-28-15(17)4/h8-10,12-13H,5-7,11H2,1-4H3,(H,23,26)/t12-,13-/m1/s1. The van der Waals surface area contributed by atoms with E-state index < -0.39 is 0 Å². The molecule has 7 heteroatoms. The summed E-state index contributed by atoms with van der Waals surface area (Å²) in [5.41, 5.74) is 2.34. The van der Waals surface area contributed by atoms with E-state index in [9.17, 15) is 9.59 Å². The van der Waals surface area contributed by atoms with E-state index in [0.717, 1.165) is 24.8 Å². The highest BCUT2D eigenvalue weighted by molar-refractivity contribution is 6.31. The van der Waals surface area contributed by atoms with Gasteiger partial charge in [0.05, 0.1) is 23.4 Å². The lowest BCUT2D eigenvalue weighted by molar-refractivity contribution is -0.115. The zero-order valence-corrected chi connectivity index (χ0v) is 17.5. The smallest absolute Gasteiger partial charge is 0.256 e. The van der Waals surface area contributed by atoms with Crippen molar-refractivity contribution in [3.63, 3.8) is 0 Å². The zero-order valence-electron chi connectivity index (χ0n) is 16.7. The number of piperidine rings is 1. The summed E-state index contributed by atoms with van der Waals surface area (Å²) < 4.78 is 5.12. The minimum absolute atomic E-state index is 0.102. The van der Waals surface area contributed by atoms with Crippen molar-refractivity contribution in [3.8, 4) is 0 Å². The summed E-state index contributed by atoms with van der Waals surface area (Å²) in [5.74, 6) is 0.288. The van der Waals surface area contributed by atoms with Gasteiger partial charge in [0, 0.05) is 22.7 Å². The molecule has 1 saturated heterocycles. The molecule has 2 heterocycles. The summed E-state index contributed by atoms with van der Waals surface area (Å²) in [4.78, 5) is 27.8. The predicted molar refractivity (Wildman–Crippen MR) is 109 cm³/mol. The number of aromatic nitrogens is 1.